The summed E-state index contributed by atoms with van der Waals surface area (Å²) in [5.41, 5.74) is 1.49. The summed E-state index contributed by atoms with van der Waals surface area (Å²) in [7, 11) is 1.63. The first-order chi connectivity index (χ1) is 8.13. The minimum absolute atomic E-state index is 0.354. The predicted octanol–water partition coefficient (Wildman–Crippen LogP) is 1.82. The van der Waals surface area contributed by atoms with Gasteiger partial charge < -0.3 is 15.2 Å². The van der Waals surface area contributed by atoms with Crippen molar-refractivity contribution < 1.29 is 14.6 Å². The Morgan fingerprint density at radius 1 is 1.41 bits per heavy atom. The van der Waals surface area contributed by atoms with Crippen molar-refractivity contribution in [3.63, 3.8) is 0 Å². The van der Waals surface area contributed by atoms with Crippen molar-refractivity contribution >= 4 is 5.97 Å². The Morgan fingerprint density at radius 2 is 2.06 bits per heavy atom. The van der Waals surface area contributed by atoms with E-state index in [9.17, 15) is 4.79 Å². The van der Waals surface area contributed by atoms with Crippen molar-refractivity contribution in [2.24, 2.45) is 0 Å². The number of carboxylic acids is 1. The molecule has 4 nitrogen and oxygen atoms in total. The molecule has 0 aliphatic heterocycles. The van der Waals surface area contributed by atoms with E-state index in [-0.39, 0.29) is 0 Å². The fourth-order valence-corrected chi connectivity index (χ4v) is 1.27. The molecule has 0 aliphatic carbocycles. The van der Waals surface area contributed by atoms with E-state index < -0.39 is 5.97 Å². The molecule has 17 heavy (non-hydrogen) atoms. The number of hydrogen-bond acceptors (Lipinski definition) is 3. The summed E-state index contributed by atoms with van der Waals surface area (Å²) in [6, 6.07) is 7.74. The smallest absolute Gasteiger partial charge is 0.330 e. The van der Waals surface area contributed by atoms with E-state index in [0.29, 0.717) is 18.7 Å². The molecule has 2 N–H and O–H groups in total. The molecule has 0 amide bonds. The number of benzene rings is 1. The standard InChI is InChI=1S/C13H17NO3/c1-10(13(15)16)7-8-14-9-11-3-5-12(17-2)6-4-11/h3-7,14H,8-9H2,1-2H3,(H,15,16)/b10-7-. The summed E-state index contributed by atoms with van der Waals surface area (Å²) in [6.07, 6.45) is 1.66. The van der Waals surface area contributed by atoms with Gasteiger partial charge >= 0.3 is 5.97 Å². The third kappa shape index (κ3) is 4.70. The molecule has 0 saturated heterocycles. The third-order valence-corrected chi connectivity index (χ3v) is 2.38. The normalized spacial score (nSPS) is 11.3. The van der Waals surface area contributed by atoms with Gasteiger partial charge in [-0.15, -0.1) is 0 Å². The minimum Gasteiger partial charge on any atom is -0.497 e. The first kappa shape index (κ1) is 13.3. The second-order valence-corrected chi connectivity index (χ2v) is 3.67. The van der Waals surface area contributed by atoms with Crippen LogP contribution in [-0.4, -0.2) is 24.7 Å². The van der Waals surface area contributed by atoms with Gasteiger partial charge in [-0.1, -0.05) is 18.2 Å². The lowest BCUT2D eigenvalue weighted by molar-refractivity contribution is -0.132. The van der Waals surface area contributed by atoms with Gasteiger partial charge in [-0.2, -0.15) is 0 Å². The molecule has 0 aliphatic rings. The molecule has 0 atom stereocenters. The van der Waals surface area contributed by atoms with Gasteiger partial charge in [0.1, 0.15) is 5.75 Å². The molecule has 4 heteroatoms. The fraction of sp³-hybridized carbons (Fsp3) is 0.308. The molecule has 1 aromatic carbocycles. The summed E-state index contributed by atoms with van der Waals surface area (Å²) >= 11 is 0. The van der Waals surface area contributed by atoms with Gasteiger partial charge in [0.25, 0.3) is 0 Å². The quantitative estimate of drug-likeness (QED) is 0.583. The second kappa shape index (κ2) is 6.70. The highest BCUT2D eigenvalue weighted by atomic mass is 16.5. The van der Waals surface area contributed by atoms with Gasteiger partial charge in [0.15, 0.2) is 0 Å². The molecule has 0 spiro atoms. The Bertz CT molecular complexity index is 396. The van der Waals surface area contributed by atoms with E-state index in [1.807, 2.05) is 24.3 Å². The van der Waals surface area contributed by atoms with Crippen molar-refractivity contribution in [1.29, 1.82) is 0 Å². The lowest BCUT2D eigenvalue weighted by Gasteiger charge is -2.04. The molecule has 0 aromatic heterocycles. The van der Waals surface area contributed by atoms with Crippen molar-refractivity contribution in [2.75, 3.05) is 13.7 Å². The number of carbonyl (C=O) groups is 1. The van der Waals surface area contributed by atoms with Crippen LogP contribution < -0.4 is 10.1 Å². The summed E-state index contributed by atoms with van der Waals surface area (Å²) in [4.78, 5) is 10.5. The molecule has 0 fully saturated rings. The number of aliphatic carboxylic acids is 1. The Kier molecular flexibility index (Phi) is 5.23. The number of ether oxygens (including phenoxy) is 1. The zero-order chi connectivity index (χ0) is 12.7. The molecular formula is C13H17NO3. The third-order valence-electron chi connectivity index (χ3n) is 2.38. The van der Waals surface area contributed by atoms with Crippen LogP contribution >= 0.6 is 0 Å². The second-order valence-electron chi connectivity index (χ2n) is 3.67. The Labute approximate surface area is 101 Å². The van der Waals surface area contributed by atoms with Crippen LogP contribution in [0.4, 0.5) is 0 Å². The van der Waals surface area contributed by atoms with Crippen LogP contribution in [0.25, 0.3) is 0 Å². The molecule has 0 saturated carbocycles. The van der Waals surface area contributed by atoms with Crippen molar-refractivity contribution in [3.05, 3.63) is 41.5 Å². The molecular weight excluding hydrogens is 218 g/mol. The number of hydrogen-bond donors (Lipinski definition) is 2. The van der Waals surface area contributed by atoms with Crippen LogP contribution in [0.2, 0.25) is 0 Å². The van der Waals surface area contributed by atoms with Crippen molar-refractivity contribution in [3.8, 4) is 5.75 Å². The number of rotatable bonds is 6. The lowest BCUT2D eigenvalue weighted by Crippen LogP contribution is -2.14. The topological polar surface area (TPSA) is 58.6 Å². The Balaban J connectivity index is 2.36. The van der Waals surface area contributed by atoms with Crippen LogP contribution in [-0.2, 0) is 11.3 Å². The molecule has 92 valence electrons. The average Bonchev–Trinajstić information content (AvgIpc) is 2.35. The highest BCUT2D eigenvalue weighted by Gasteiger charge is 1.98. The van der Waals surface area contributed by atoms with E-state index in [4.69, 9.17) is 9.84 Å². The maximum Gasteiger partial charge on any atom is 0.330 e. The fourth-order valence-electron chi connectivity index (χ4n) is 1.27. The molecule has 1 rings (SSSR count). The summed E-state index contributed by atoms with van der Waals surface area (Å²) in [5, 5.41) is 11.8. The number of methoxy groups -OCH3 is 1. The summed E-state index contributed by atoms with van der Waals surface area (Å²) in [6.45, 7) is 2.83. The largest absolute Gasteiger partial charge is 0.497 e. The van der Waals surface area contributed by atoms with E-state index in [0.717, 1.165) is 11.3 Å². The Morgan fingerprint density at radius 3 is 2.59 bits per heavy atom. The summed E-state index contributed by atoms with van der Waals surface area (Å²) in [5.74, 6) is -0.0494. The molecule has 0 bridgehead atoms. The highest BCUT2D eigenvalue weighted by Crippen LogP contribution is 2.10. The van der Waals surface area contributed by atoms with E-state index in [2.05, 4.69) is 5.32 Å². The van der Waals surface area contributed by atoms with Gasteiger partial charge in [-0.3, -0.25) is 0 Å². The minimum atomic E-state index is -0.878. The van der Waals surface area contributed by atoms with Crippen LogP contribution in [0.5, 0.6) is 5.75 Å². The molecule has 0 radical (unpaired) electrons. The van der Waals surface area contributed by atoms with Crippen LogP contribution in [0.1, 0.15) is 12.5 Å². The van der Waals surface area contributed by atoms with E-state index >= 15 is 0 Å². The summed E-state index contributed by atoms with van der Waals surface area (Å²) < 4.78 is 5.06. The molecule has 0 unspecified atom stereocenters. The van der Waals surface area contributed by atoms with Gasteiger partial charge in [-0.25, -0.2) is 4.79 Å². The molecule has 1 aromatic rings. The predicted molar refractivity (Wildman–Crippen MR) is 66.1 cm³/mol. The van der Waals surface area contributed by atoms with Gasteiger partial charge in [0.2, 0.25) is 0 Å². The Hall–Kier alpha value is -1.81. The maximum atomic E-state index is 10.5. The van der Waals surface area contributed by atoms with Crippen LogP contribution in [0.15, 0.2) is 35.9 Å². The SMILES string of the molecule is COc1ccc(CNC/C=C(/C)C(=O)O)cc1. The van der Waals surface area contributed by atoms with E-state index in [1.165, 1.54) is 0 Å². The van der Waals surface area contributed by atoms with Gasteiger partial charge in [0, 0.05) is 18.7 Å². The van der Waals surface area contributed by atoms with Gasteiger partial charge in [-0.05, 0) is 24.6 Å². The van der Waals surface area contributed by atoms with Crippen LogP contribution in [0, 0.1) is 0 Å². The molecule has 0 heterocycles. The zero-order valence-electron chi connectivity index (χ0n) is 10.1. The zero-order valence-corrected chi connectivity index (χ0v) is 10.1. The first-order valence-electron chi connectivity index (χ1n) is 5.37. The number of nitrogens with one attached hydrogen (secondary N) is 1. The van der Waals surface area contributed by atoms with Crippen LogP contribution in [0.3, 0.4) is 0 Å². The first-order valence-corrected chi connectivity index (χ1v) is 5.37. The average molecular weight is 235 g/mol. The highest BCUT2D eigenvalue weighted by molar-refractivity contribution is 5.85. The lowest BCUT2D eigenvalue weighted by atomic mass is 10.2. The van der Waals surface area contributed by atoms with Crippen molar-refractivity contribution in [2.45, 2.75) is 13.5 Å². The monoisotopic (exact) mass is 235 g/mol. The van der Waals surface area contributed by atoms with Crippen molar-refractivity contribution in [1.82, 2.24) is 5.32 Å². The van der Waals surface area contributed by atoms with Gasteiger partial charge in [0.05, 0.1) is 7.11 Å². The number of carboxylic acid groups (broad SMARTS) is 1. The maximum absolute atomic E-state index is 10.5. The van der Waals surface area contributed by atoms with E-state index in [1.54, 1.807) is 20.1 Å².